The van der Waals surface area contributed by atoms with E-state index in [2.05, 4.69) is 0 Å². The summed E-state index contributed by atoms with van der Waals surface area (Å²) in [6.07, 6.45) is 0. The lowest BCUT2D eigenvalue weighted by Gasteiger charge is -2.18. The van der Waals surface area contributed by atoms with E-state index in [0.29, 0.717) is 23.8 Å². The lowest BCUT2D eigenvalue weighted by atomic mass is 10.1. The van der Waals surface area contributed by atoms with Crippen LogP contribution in [0.25, 0.3) is 0 Å². The zero-order chi connectivity index (χ0) is 17.1. The van der Waals surface area contributed by atoms with E-state index >= 15 is 0 Å². The molecule has 0 aromatic heterocycles. The summed E-state index contributed by atoms with van der Waals surface area (Å²) < 4.78 is 15.8. The standard InChI is InChI=1S/C16H12ClNO6/c17-11-3-1-2-10(6-11)9-24-16(19)12-7-14-15(23-5-4-22-14)8-13(12)18(20)21/h1-3,6-8H,4-5,9H2. The maximum atomic E-state index is 12.3. The van der Waals surface area contributed by atoms with Crippen LogP contribution in [0.5, 0.6) is 11.5 Å². The SMILES string of the molecule is O=C(OCc1cccc(Cl)c1)c1cc2c(cc1[N+](=O)[O-])OCCO2. The van der Waals surface area contributed by atoms with Crippen LogP contribution in [0.3, 0.4) is 0 Å². The highest BCUT2D eigenvalue weighted by Crippen LogP contribution is 2.36. The Bertz CT molecular complexity index is 807. The van der Waals surface area contributed by atoms with E-state index in [4.69, 9.17) is 25.8 Å². The molecule has 2 aromatic carbocycles. The molecule has 0 bridgehead atoms. The maximum absolute atomic E-state index is 12.3. The Kier molecular flexibility index (Phi) is 4.52. The molecular weight excluding hydrogens is 338 g/mol. The summed E-state index contributed by atoms with van der Waals surface area (Å²) in [5.74, 6) is -0.306. The van der Waals surface area contributed by atoms with Gasteiger partial charge in [-0.3, -0.25) is 10.1 Å². The minimum atomic E-state index is -0.821. The highest BCUT2D eigenvalue weighted by atomic mass is 35.5. The third-order valence-electron chi connectivity index (χ3n) is 3.34. The number of benzene rings is 2. The number of nitro groups is 1. The van der Waals surface area contributed by atoms with E-state index in [1.807, 2.05) is 0 Å². The summed E-state index contributed by atoms with van der Waals surface area (Å²) in [4.78, 5) is 22.8. The molecule has 24 heavy (non-hydrogen) atoms. The van der Waals surface area contributed by atoms with Crippen molar-refractivity contribution in [1.29, 1.82) is 0 Å². The fraction of sp³-hybridized carbons (Fsp3) is 0.188. The molecule has 0 spiro atoms. The van der Waals surface area contributed by atoms with Crippen molar-refractivity contribution in [3.63, 3.8) is 0 Å². The number of ether oxygens (including phenoxy) is 3. The molecule has 0 saturated carbocycles. The van der Waals surface area contributed by atoms with E-state index in [-0.39, 0.29) is 23.7 Å². The van der Waals surface area contributed by atoms with Crippen molar-refractivity contribution >= 4 is 23.3 Å². The second-order valence-electron chi connectivity index (χ2n) is 4.98. The minimum absolute atomic E-state index is 0.0506. The van der Waals surface area contributed by atoms with Crippen molar-refractivity contribution < 1.29 is 23.9 Å². The van der Waals surface area contributed by atoms with Crippen molar-refractivity contribution in [2.45, 2.75) is 6.61 Å². The van der Waals surface area contributed by atoms with Gasteiger partial charge < -0.3 is 14.2 Å². The molecule has 7 nitrogen and oxygen atoms in total. The van der Waals surface area contributed by atoms with Gasteiger partial charge in [0.1, 0.15) is 25.4 Å². The largest absolute Gasteiger partial charge is 0.486 e. The molecule has 0 aliphatic carbocycles. The first-order valence-electron chi connectivity index (χ1n) is 7.04. The molecular formula is C16H12ClNO6. The van der Waals surface area contributed by atoms with E-state index in [1.165, 1.54) is 12.1 Å². The van der Waals surface area contributed by atoms with Crippen LogP contribution in [0.1, 0.15) is 15.9 Å². The summed E-state index contributed by atoms with van der Waals surface area (Å²) >= 11 is 5.86. The predicted molar refractivity (Wildman–Crippen MR) is 84.7 cm³/mol. The topological polar surface area (TPSA) is 87.9 Å². The number of carbonyl (C=O) groups is 1. The number of carbonyl (C=O) groups excluding carboxylic acids is 1. The van der Waals surface area contributed by atoms with Crippen molar-refractivity contribution in [3.05, 3.63) is 62.7 Å². The third-order valence-corrected chi connectivity index (χ3v) is 3.57. The van der Waals surface area contributed by atoms with Crippen molar-refractivity contribution in [3.8, 4) is 11.5 Å². The Balaban J connectivity index is 1.84. The average Bonchev–Trinajstić information content (AvgIpc) is 2.58. The zero-order valence-corrected chi connectivity index (χ0v) is 13.1. The molecule has 0 fully saturated rings. The Morgan fingerprint density at radius 2 is 1.92 bits per heavy atom. The van der Waals surface area contributed by atoms with Crippen LogP contribution in [-0.2, 0) is 11.3 Å². The van der Waals surface area contributed by atoms with Gasteiger partial charge in [0.2, 0.25) is 0 Å². The fourth-order valence-corrected chi connectivity index (χ4v) is 2.46. The molecule has 0 saturated heterocycles. The van der Waals surface area contributed by atoms with Gasteiger partial charge in [0.25, 0.3) is 5.69 Å². The van der Waals surface area contributed by atoms with Gasteiger partial charge in [-0.2, -0.15) is 0 Å². The molecule has 0 radical (unpaired) electrons. The molecule has 0 unspecified atom stereocenters. The summed E-state index contributed by atoms with van der Waals surface area (Å²) in [6.45, 7) is 0.551. The van der Waals surface area contributed by atoms with E-state index in [1.54, 1.807) is 24.3 Å². The van der Waals surface area contributed by atoms with Crippen LogP contribution < -0.4 is 9.47 Å². The van der Waals surface area contributed by atoms with Gasteiger partial charge in [-0.25, -0.2) is 4.79 Å². The molecule has 8 heteroatoms. The predicted octanol–water partition coefficient (Wildman–Crippen LogP) is 3.38. The van der Waals surface area contributed by atoms with Gasteiger partial charge in [0, 0.05) is 11.1 Å². The quantitative estimate of drug-likeness (QED) is 0.477. The molecule has 2 aromatic rings. The van der Waals surface area contributed by atoms with Gasteiger partial charge in [-0.15, -0.1) is 0 Å². The number of rotatable bonds is 4. The van der Waals surface area contributed by atoms with E-state index in [9.17, 15) is 14.9 Å². The molecule has 1 heterocycles. The smallest absolute Gasteiger partial charge is 0.345 e. The minimum Gasteiger partial charge on any atom is -0.486 e. The monoisotopic (exact) mass is 349 g/mol. The van der Waals surface area contributed by atoms with Crippen LogP contribution in [0.15, 0.2) is 36.4 Å². The lowest BCUT2D eigenvalue weighted by Crippen LogP contribution is -2.17. The normalized spacial score (nSPS) is 12.5. The molecule has 1 aliphatic rings. The molecule has 0 amide bonds. The number of halogens is 1. The van der Waals surface area contributed by atoms with Crippen molar-refractivity contribution in [2.75, 3.05) is 13.2 Å². The van der Waals surface area contributed by atoms with Gasteiger partial charge >= 0.3 is 5.97 Å². The van der Waals surface area contributed by atoms with Gasteiger partial charge in [-0.1, -0.05) is 23.7 Å². The first kappa shape index (κ1) is 16.1. The van der Waals surface area contributed by atoms with E-state index in [0.717, 1.165) is 0 Å². The number of nitrogens with zero attached hydrogens (tertiary/aromatic N) is 1. The second kappa shape index (κ2) is 6.76. The maximum Gasteiger partial charge on any atom is 0.345 e. The summed E-state index contributed by atoms with van der Waals surface area (Å²) in [7, 11) is 0. The number of esters is 1. The second-order valence-corrected chi connectivity index (χ2v) is 5.41. The highest BCUT2D eigenvalue weighted by molar-refractivity contribution is 6.30. The molecule has 0 N–H and O–H groups in total. The Morgan fingerprint density at radius 3 is 2.58 bits per heavy atom. The number of nitro benzene ring substituents is 1. The first-order chi connectivity index (χ1) is 11.5. The molecule has 0 atom stereocenters. The zero-order valence-electron chi connectivity index (χ0n) is 12.4. The van der Waals surface area contributed by atoms with Crippen LogP contribution in [0.2, 0.25) is 5.02 Å². The van der Waals surface area contributed by atoms with Crippen LogP contribution in [0.4, 0.5) is 5.69 Å². The van der Waals surface area contributed by atoms with Crippen molar-refractivity contribution in [1.82, 2.24) is 0 Å². The third kappa shape index (κ3) is 3.41. The fourth-order valence-electron chi connectivity index (χ4n) is 2.25. The number of fused-ring (bicyclic) bond motifs is 1. The Labute approximate surface area is 141 Å². The van der Waals surface area contributed by atoms with Crippen LogP contribution >= 0.6 is 11.6 Å². The van der Waals surface area contributed by atoms with E-state index < -0.39 is 16.6 Å². The Morgan fingerprint density at radius 1 is 1.21 bits per heavy atom. The highest BCUT2D eigenvalue weighted by Gasteiger charge is 2.27. The lowest BCUT2D eigenvalue weighted by molar-refractivity contribution is -0.385. The molecule has 3 rings (SSSR count). The van der Waals surface area contributed by atoms with Gasteiger partial charge in [0.15, 0.2) is 11.5 Å². The molecule has 124 valence electrons. The Hall–Kier alpha value is -2.80. The van der Waals surface area contributed by atoms with Crippen molar-refractivity contribution in [2.24, 2.45) is 0 Å². The summed E-state index contributed by atoms with van der Waals surface area (Å²) in [5.41, 5.74) is 0.0951. The average molecular weight is 350 g/mol. The first-order valence-corrected chi connectivity index (χ1v) is 7.42. The van der Waals surface area contributed by atoms with Gasteiger partial charge in [0.05, 0.1) is 11.0 Å². The van der Waals surface area contributed by atoms with Crippen LogP contribution in [-0.4, -0.2) is 24.1 Å². The number of hydrogen-bond acceptors (Lipinski definition) is 6. The molecule has 1 aliphatic heterocycles. The van der Waals surface area contributed by atoms with Crippen LogP contribution in [0, 0.1) is 10.1 Å². The summed E-state index contributed by atoms with van der Waals surface area (Å²) in [5, 5.41) is 11.7. The number of hydrogen-bond donors (Lipinski definition) is 0. The summed E-state index contributed by atoms with van der Waals surface area (Å²) in [6, 6.07) is 9.23. The van der Waals surface area contributed by atoms with Gasteiger partial charge in [-0.05, 0) is 17.7 Å².